The average Bonchev–Trinajstić information content (AvgIpc) is 2.94. The zero-order chi connectivity index (χ0) is 15.7. The number of aliphatic imine (C=N–C) groups is 1. The molecular weight excluding hydrogens is 320 g/mol. The first kappa shape index (κ1) is 15.7. The van der Waals surface area contributed by atoms with Gasteiger partial charge in [-0.2, -0.15) is 0 Å². The third kappa shape index (κ3) is 3.10. The van der Waals surface area contributed by atoms with Crippen molar-refractivity contribution in [3.05, 3.63) is 29.8 Å². The summed E-state index contributed by atoms with van der Waals surface area (Å²) in [5, 5.41) is 0.975. The molecule has 2 aliphatic rings. The van der Waals surface area contributed by atoms with Crippen molar-refractivity contribution in [2.24, 2.45) is 4.99 Å². The van der Waals surface area contributed by atoms with Gasteiger partial charge in [-0.1, -0.05) is 30.8 Å². The van der Waals surface area contributed by atoms with Gasteiger partial charge in [0.15, 0.2) is 15.0 Å². The van der Waals surface area contributed by atoms with E-state index >= 15 is 0 Å². The Kier molecular flexibility index (Phi) is 4.36. The molecule has 7 heteroatoms. The van der Waals surface area contributed by atoms with E-state index in [-0.39, 0.29) is 23.6 Å². The van der Waals surface area contributed by atoms with E-state index in [1.165, 1.54) is 0 Å². The molecule has 120 valence electrons. The SMILES string of the molecule is CCSC1=N[C@@H]2CS(=O)(=O)C[C@H]2N1Cc1ccc(OC)cc1. The number of hydrogen-bond donors (Lipinski definition) is 0. The van der Waals surface area contributed by atoms with Gasteiger partial charge in [-0.25, -0.2) is 8.42 Å². The van der Waals surface area contributed by atoms with Crippen LogP contribution >= 0.6 is 11.8 Å². The smallest absolute Gasteiger partial charge is 0.160 e. The van der Waals surface area contributed by atoms with Crippen molar-refractivity contribution in [2.75, 3.05) is 24.4 Å². The Morgan fingerprint density at radius 1 is 1.32 bits per heavy atom. The second-order valence-corrected chi connectivity index (χ2v) is 8.92. The minimum atomic E-state index is -2.96. The predicted octanol–water partition coefficient (Wildman–Crippen LogP) is 1.79. The maximum absolute atomic E-state index is 11.9. The normalized spacial score (nSPS) is 25.9. The number of sulfone groups is 1. The van der Waals surface area contributed by atoms with Crippen LogP contribution in [0.15, 0.2) is 29.3 Å². The molecule has 0 aromatic heterocycles. The number of amidine groups is 1. The molecular formula is C15H20N2O3S2. The average molecular weight is 340 g/mol. The summed E-state index contributed by atoms with van der Waals surface area (Å²) in [6, 6.07) is 7.78. The third-order valence-corrected chi connectivity index (χ3v) is 6.59. The lowest BCUT2D eigenvalue weighted by Crippen LogP contribution is -2.38. The molecule has 3 rings (SSSR count). The van der Waals surface area contributed by atoms with Gasteiger partial charge < -0.3 is 9.64 Å². The minimum Gasteiger partial charge on any atom is -0.497 e. The Morgan fingerprint density at radius 2 is 2.05 bits per heavy atom. The molecule has 0 unspecified atom stereocenters. The second kappa shape index (κ2) is 6.12. The Hall–Kier alpha value is -1.21. The standard InChI is InChI=1S/C15H20N2O3S2/c1-3-21-15-16-13-9-22(18,19)10-14(13)17(15)8-11-4-6-12(20-2)7-5-11/h4-7,13-14H,3,8-10H2,1-2H3/t13-,14-/m1/s1. The van der Waals surface area contributed by atoms with E-state index in [9.17, 15) is 8.42 Å². The van der Waals surface area contributed by atoms with E-state index in [0.717, 1.165) is 22.2 Å². The summed E-state index contributed by atoms with van der Waals surface area (Å²) in [7, 11) is -1.31. The van der Waals surface area contributed by atoms with E-state index in [1.54, 1.807) is 18.9 Å². The zero-order valence-corrected chi connectivity index (χ0v) is 14.4. The number of nitrogens with zero attached hydrogens (tertiary/aromatic N) is 2. The van der Waals surface area contributed by atoms with Gasteiger partial charge in [0.25, 0.3) is 0 Å². The molecule has 0 bridgehead atoms. The highest BCUT2D eigenvalue weighted by atomic mass is 32.2. The third-order valence-electron chi connectivity index (χ3n) is 4.00. The van der Waals surface area contributed by atoms with Crippen LogP contribution in [0, 0.1) is 0 Å². The summed E-state index contributed by atoms with van der Waals surface area (Å²) >= 11 is 1.69. The molecule has 0 aliphatic carbocycles. The first-order valence-electron chi connectivity index (χ1n) is 7.33. The van der Waals surface area contributed by atoms with Crippen LogP contribution in [0.4, 0.5) is 0 Å². The van der Waals surface area contributed by atoms with Crippen molar-refractivity contribution in [3.63, 3.8) is 0 Å². The van der Waals surface area contributed by atoms with Crippen molar-refractivity contribution in [1.29, 1.82) is 0 Å². The Labute approximate surface area is 135 Å². The highest BCUT2D eigenvalue weighted by molar-refractivity contribution is 8.13. The summed E-state index contributed by atoms with van der Waals surface area (Å²) in [6.07, 6.45) is 0. The minimum absolute atomic E-state index is 0.0128. The molecule has 22 heavy (non-hydrogen) atoms. The van der Waals surface area contributed by atoms with E-state index < -0.39 is 9.84 Å². The summed E-state index contributed by atoms with van der Waals surface area (Å²) in [4.78, 5) is 6.81. The Balaban J connectivity index is 1.81. The molecule has 1 saturated heterocycles. The summed E-state index contributed by atoms with van der Waals surface area (Å²) < 4.78 is 28.9. The van der Waals surface area contributed by atoms with Crippen molar-refractivity contribution in [1.82, 2.24) is 4.90 Å². The number of rotatable bonds is 4. The van der Waals surface area contributed by atoms with Crippen LogP contribution in [-0.2, 0) is 16.4 Å². The molecule has 0 spiro atoms. The van der Waals surface area contributed by atoms with Gasteiger partial charge in [0, 0.05) is 6.54 Å². The molecule has 5 nitrogen and oxygen atoms in total. The van der Waals surface area contributed by atoms with Gasteiger partial charge in [-0.15, -0.1) is 0 Å². The van der Waals surface area contributed by atoms with Gasteiger partial charge in [-0.05, 0) is 23.4 Å². The topological polar surface area (TPSA) is 59.0 Å². The molecule has 1 aromatic carbocycles. The fourth-order valence-corrected chi connectivity index (χ4v) is 5.66. The van der Waals surface area contributed by atoms with Crippen molar-refractivity contribution in [3.8, 4) is 5.75 Å². The maximum Gasteiger partial charge on any atom is 0.160 e. The van der Waals surface area contributed by atoms with Gasteiger partial charge >= 0.3 is 0 Å². The monoisotopic (exact) mass is 340 g/mol. The molecule has 2 aliphatic heterocycles. The number of benzene rings is 1. The summed E-state index contributed by atoms with van der Waals surface area (Å²) in [5.74, 6) is 2.16. The van der Waals surface area contributed by atoms with Crippen LogP contribution in [0.2, 0.25) is 0 Å². The fourth-order valence-electron chi connectivity index (χ4n) is 2.95. The second-order valence-electron chi connectivity index (χ2n) is 5.53. The predicted molar refractivity (Wildman–Crippen MR) is 90.3 cm³/mol. The van der Waals surface area contributed by atoms with Gasteiger partial charge in [0.2, 0.25) is 0 Å². The molecule has 0 radical (unpaired) electrons. The number of hydrogen-bond acceptors (Lipinski definition) is 6. The molecule has 0 amide bonds. The molecule has 0 saturated carbocycles. The number of ether oxygens (including phenoxy) is 1. The largest absolute Gasteiger partial charge is 0.497 e. The van der Waals surface area contributed by atoms with Gasteiger partial charge in [0.05, 0.1) is 30.7 Å². The summed E-state index contributed by atoms with van der Waals surface area (Å²) in [5.41, 5.74) is 1.13. The molecule has 1 aromatic rings. The van der Waals surface area contributed by atoms with Gasteiger partial charge in [0.1, 0.15) is 5.75 Å². The maximum atomic E-state index is 11.9. The molecule has 2 heterocycles. The number of thioether (sulfide) groups is 1. The number of methoxy groups -OCH3 is 1. The first-order valence-corrected chi connectivity index (χ1v) is 10.1. The zero-order valence-electron chi connectivity index (χ0n) is 12.7. The lowest BCUT2D eigenvalue weighted by atomic mass is 10.1. The van der Waals surface area contributed by atoms with Crippen LogP contribution in [0.3, 0.4) is 0 Å². The Bertz CT molecular complexity index is 671. The van der Waals surface area contributed by atoms with Crippen LogP contribution in [-0.4, -0.2) is 54.9 Å². The first-order chi connectivity index (χ1) is 10.5. The van der Waals surface area contributed by atoms with E-state index in [1.807, 2.05) is 24.3 Å². The Morgan fingerprint density at radius 3 is 2.68 bits per heavy atom. The lowest BCUT2D eigenvalue weighted by molar-refractivity contribution is 0.342. The van der Waals surface area contributed by atoms with Gasteiger partial charge in [-0.3, -0.25) is 4.99 Å². The molecule has 1 fully saturated rings. The highest BCUT2D eigenvalue weighted by Crippen LogP contribution is 2.32. The van der Waals surface area contributed by atoms with E-state index in [2.05, 4.69) is 16.8 Å². The van der Waals surface area contributed by atoms with Crippen LogP contribution in [0.1, 0.15) is 12.5 Å². The van der Waals surface area contributed by atoms with Crippen LogP contribution in [0.5, 0.6) is 5.75 Å². The fraction of sp³-hybridized carbons (Fsp3) is 0.533. The van der Waals surface area contributed by atoms with Crippen LogP contribution in [0.25, 0.3) is 0 Å². The lowest BCUT2D eigenvalue weighted by Gasteiger charge is -2.26. The van der Waals surface area contributed by atoms with Crippen molar-refractivity contribution in [2.45, 2.75) is 25.6 Å². The molecule has 2 atom stereocenters. The van der Waals surface area contributed by atoms with Crippen molar-refractivity contribution >= 4 is 26.8 Å². The van der Waals surface area contributed by atoms with E-state index in [0.29, 0.717) is 6.54 Å². The quantitative estimate of drug-likeness (QED) is 0.836. The molecule has 0 N–H and O–H groups in total. The summed E-state index contributed by atoms with van der Waals surface area (Å²) in [6.45, 7) is 2.77. The highest BCUT2D eigenvalue weighted by Gasteiger charge is 2.46. The van der Waals surface area contributed by atoms with Crippen LogP contribution < -0.4 is 4.74 Å². The van der Waals surface area contributed by atoms with E-state index in [4.69, 9.17) is 4.74 Å². The number of fused-ring (bicyclic) bond motifs is 1. The van der Waals surface area contributed by atoms with Crippen molar-refractivity contribution < 1.29 is 13.2 Å².